The molecule has 0 unspecified atom stereocenters. The molecule has 0 aliphatic heterocycles. The number of carboxylic acid groups (broad SMARTS) is 1. The van der Waals surface area contributed by atoms with Gasteiger partial charge in [-0.3, -0.25) is 4.72 Å². The summed E-state index contributed by atoms with van der Waals surface area (Å²) in [6.07, 6.45) is 0. The van der Waals surface area contributed by atoms with E-state index in [1.807, 2.05) is 0 Å². The summed E-state index contributed by atoms with van der Waals surface area (Å²) in [5.41, 5.74) is 1.97. The number of hydrogen-bond donors (Lipinski definition) is 2. The van der Waals surface area contributed by atoms with Crippen LogP contribution in [-0.4, -0.2) is 29.1 Å². The van der Waals surface area contributed by atoms with Crippen molar-refractivity contribution in [1.82, 2.24) is 9.59 Å². The fraction of sp³-hybridized carbons (Fsp3) is 0. The van der Waals surface area contributed by atoms with Crippen LogP contribution in [0.3, 0.4) is 0 Å². The first-order valence-corrected chi connectivity index (χ1v) is 9.01. The Hall–Kier alpha value is -2.78. The van der Waals surface area contributed by atoms with Gasteiger partial charge in [-0.1, -0.05) is 16.6 Å². The molecular weight excluding hydrogens is 350 g/mol. The molecule has 0 aliphatic carbocycles. The molecule has 1 heterocycles. The van der Waals surface area contributed by atoms with Gasteiger partial charge >= 0.3 is 5.97 Å². The van der Waals surface area contributed by atoms with Crippen LogP contribution in [0.15, 0.2) is 58.8 Å². The number of aromatic carboxylic acids is 1. The highest BCUT2D eigenvalue weighted by Gasteiger charge is 2.15. The van der Waals surface area contributed by atoms with E-state index >= 15 is 0 Å². The number of carboxylic acids is 1. The minimum Gasteiger partial charge on any atom is -0.478 e. The Bertz CT molecular complexity index is 951. The van der Waals surface area contributed by atoms with Gasteiger partial charge in [0.2, 0.25) is 0 Å². The van der Waals surface area contributed by atoms with Crippen LogP contribution in [0.25, 0.3) is 11.3 Å². The molecule has 1 aromatic heterocycles. The van der Waals surface area contributed by atoms with Crippen molar-refractivity contribution in [2.75, 3.05) is 4.72 Å². The quantitative estimate of drug-likeness (QED) is 0.723. The molecule has 9 heteroatoms. The average molecular weight is 361 g/mol. The van der Waals surface area contributed by atoms with Crippen molar-refractivity contribution >= 4 is 33.2 Å². The highest BCUT2D eigenvalue weighted by Crippen LogP contribution is 2.22. The third kappa shape index (κ3) is 3.42. The molecule has 0 aliphatic rings. The number of benzene rings is 2. The van der Waals surface area contributed by atoms with Crippen molar-refractivity contribution in [2.45, 2.75) is 4.90 Å². The van der Waals surface area contributed by atoms with E-state index in [-0.39, 0.29) is 10.5 Å². The Morgan fingerprint density at radius 2 is 1.71 bits per heavy atom. The minimum atomic E-state index is -3.79. The van der Waals surface area contributed by atoms with Gasteiger partial charge in [-0.05, 0) is 47.9 Å². The number of anilines is 1. The summed E-state index contributed by atoms with van der Waals surface area (Å²) in [5.74, 6) is -1.11. The van der Waals surface area contributed by atoms with E-state index in [9.17, 15) is 13.2 Å². The van der Waals surface area contributed by atoms with Gasteiger partial charge in [0.05, 0.1) is 10.5 Å². The molecule has 2 aromatic carbocycles. The molecule has 0 fully saturated rings. The van der Waals surface area contributed by atoms with E-state index in [1.165, 1.54) is 35.8 Å². The van der Waals surface area contributed by atoms with Crippen molar-refractivity contribution in [3.8, 4) is 11.3 Å². The number of rotatable bonds is 5. The summed E-state index contributed by atoms with van der Waals surface area (Å²) in [4.78, 5) is 10.8. The van der Waals surface area contributed by atoms with Crippen LogP contribution in [0.5, 0.6) is 0 Å². The maximum Gasteiger partial charge on any atom is 0.335 e. The second-order valence-electron chi connectivity index (χ2n) is 4.80. The van der Waals surface area contributed by atoms with Crippen LogP contribution in [-0.2, 0) is 10.0 Å². The zero-order valence-electron chi connectivity index (χ0n) is 12.1. The van der Waals surface area contributed by atoms with Crippen LogP contribution in [0.2, 0.25) is 0 Å². The van der Waals surface area contributed by atoms with Crippen molar-refractivity contribution in [3.05, 3.63) is 59.5 Å². The monoisotopic (exact) mass is 361 g/mol. The molecule has 3 rings (SSSR count). The van der Waals surface area contributed by atoms with E-state index in [0.717, 1.165) is 11.3 Å². The average Bonchev–Trinajstić information content (AvgIpc) is 3.10. The SMILES string of the molecule is O=C(O)c1ccc(S(=O)(=O)Nc2ccc(-c3csnn3)cc2)cc1. The molecule has 0 saturated heterocycles. The fourth-order valence-electron chi connectivity index (χ4n) is 1.99. The Kier molecular flexibility index (Phi) is 4.28. The van der Waals surface area contributed by atoms with Crippen LogP contribution in [0, 0.1) is 0 Å². The lowest BCUT2D eigenvalue weighted by atomic mass is 10.2. The van der Waals surface area contributed by atoms with Gasteiger partial charge in [0.1, 0.15) is 5.69 Å². The normalized spacial score (nSPS) is 11.2. The maximum absolute atomic E-state index is 12.3. The first kappa shape index (κ1) is 16.1. The number of nitrogens with one attached hydrogen (secondary N) is 1. The molecule has 0 bridgehead atoms. The second-order valence-corrected chi connectivity index (χ2v) is 7.09. The van der Waals surface area contributed by atoms with Crippen molar-refractivity contribution in [1.29, 1.82) is 0 Å². The van der Waals surface area contributed by atoms with Crippen molar-refractivity contribution in [2.24, 2.45) is 0 Å². The smallest absolute Gasteiger partial charge is 0.335 e. The molecule has 0 atom stereocenters. The molecule has 3 aromatic rings. The number of sulfonamides is 1. The lowest BCUT2D eigenvalue weighted by Crippen LogP contribution is -2.13. The molecule has 122 valence electrons. The van der Waals surface area contributed by atoms with Gasteiger partial charge in [0, 0.05) is 16.6 Å². The minimum absolute atomic E-state index is 0.0136. The summed E-state index contributed by atoms with van der Waals surface area (Å²) in [6, 6.07) is 11.7. The lowest BCUT2D eigenvalue weighted by Gasteiger charge is -2.08. The Morgan fingerprint density at radius 1 is 1.04 bits per heavy atom. The van der Waals surface area contributed by atoms with E-state index in [0.29, 0.717) is 5.69 Å². The van der Waals surface area contributed by atoms with Crippen molar-refractivity contribution in [3.63, 3.8) is 0 Å². The maximum atomic E-state index is 12.3. The predicted octanol–water partition coefficient (Wildman–Crippen LogP) is 2.70. The first-order chi connectivity index (χ1) is 11.5. The van der Waals surface area contributed by atoms with E-state index < -0.39 is 16.0 Å². The Morgan fingerprint density at radius 3 is 2.25 bits per heavy atom. The van der Waals surface area contributed by atoms with Gasteiger partial charge in [0.25, 0.3) is 10.0 Å². The highest BCUT2D eigenvalue weighted by atomic mass is 32.2. The van der Waals surface area contributed by atoms with Crippen LogP contribution in [0.4, 0.5) is 5.69 Å². The number of hydrogen-bond acceptors (Lipinski definition) is 6. The molecule has 0 spiro atoms. The predicted molar refractivity (Wildman–Crippen MR) is 89.6 cm³/mol. The number of nitrogens with zero attached hydrogens (tertiary/aromatic N) is 2. The summed E-state index contributed by atoms with van der Waals surface area (Å²) in [7, 11) is -3.79. The molecule has 0 radical (unpaired) electrons. The van der Waals surface area contributed by atoms with E-state index in [1.54, 1.807) is 29.6 Å². The summed E-state index contributed by atoms with van der Waals surface area (Å²) < 4.78 is 30.9. The molecular formula is C15H11N3O4S2. The molecule has 7 nitrogen and oxygen atoms in total. The van der Waals surface area contributed by atoms with Crippen LogP contribution in [0.1, 0.15) is 10.4 Å². The Balaban J connectivity index is 1.80. The third-order valence-electron chi connectivity index (χ3n) is 3.20. The van der Waals surface area contributed by atoms with Gasteiger partial charge in [-0.2, -0.15) is 0 Å². The molecule has 24 heavy (non-hydrogen) atoms. The summed E-state index contributed by atoms with van der Waals surface area (Å²) >= 11 is 1.23. The molecule has 2 N–H and O–H groups in total. The third-order valence-corrected chi connectivity index (χ3v) is 5.11. The van der Waals surface area contributed by atoms with Crippen LogP contribution >= 0.6 is 11.5 Å². The van der Waals surface area contributed by atoms with Gasteiger partial charge < -0.3 is 5.11 Å². The number of aromatic nitrogens is 2. The largest absolute Gasteiger partial charge is 0.478 e. The molecule has 0 saturated carbocycles. The second kappa shape index (κ2) is 6.38. The standard InChI is InChI=1S/C15H11N3O4S2/c19-15(20)11-3-7-13(8-4-11)24(21,22)17-12-5-1-10(2-6-12)14-9-23-18-16-14/h1-9,17H,(H,19,20). The summed E-state index contributed by atoms with van der Waals surface area (Å²) in [6.45, 7) is 0. The fourth-order valence-corrected chi connectivity index (χ4v) is 3.51. The van der Waals surface area contributed by atoms with Crippen LogP contribution < -0.4 is 4.72 Å². The number of carbonyl (C=O) groups is 1. The van der Waals surface area contributed by atoms with Gasteiger partial charge in [-0.15, -0.1) is 5.10 Å². The zero-order valence-corrected chi connectivity index (χ0v) is 13.7. The topological polar surface area (TPSA) is 109 Å². The van der Waals surface area contributed by atoms with E-state index in [4.69, 9.17) is 5.11 Å². The first-order valence-electron chi connectivity index (χ1n) is 6.69. The highest BCUT2D eigenvalue weighted by molar-refractivity contribution is 7.92. The zero-order chi connectivity index (χ0) is 17.2. The molecule has 0 amide bonds. The van der Waals surface area contributed by atoms with Gasteiger partial charge in [0.15, 0.2) is 0 Å². The lowest BCUT2D eigenvalue weighted by molar-refractivity contribution is 0.0696. The van der Waals surface area contributed by atoms with Crippen molar-refractivity contribution < 1.29 is 18.3 Å². The van der Waals surface area contributed by atoms with E-state index in [2.05, 4.69) is 14.3 Å². The summed E-state index contributed by atoms with van der Waals surface area (Å²) in [5, 5.41) is 14.6. The van der Waals surface area contributed by atoms with Gasteiger partial charge in [-0.25, -0.2) is 13.2 Å². The Labute approximate surface area is 141 Å².